The summed E-state index contributed by atoms with van der Waals surface area (Å²) >= 11 is 0. The molecule has 1 amide bonds. The zero-order chi connectivity index (χ0) is 17.7. The van der Waals surface area contributed by atoms with Gasteiger partial charge < -0.3 is 5.32 Å². The molecule has 0 radical (unpaired) electrons. The fourth-order valence-corrected chi connectivity index (χ4v) is 3.31. The van der Waals surface area contributed by atoms with Gasteiger partial charge in [0.05, 0.1) is 5.25 Å². The molecule has 24 heavy (non-hydrogen) atoms. The van der Waals surface area contributed by atoms with E-state index in [4.69, 9.17) is 0 Å². The summed E-state index contributed by atoms with van der Waals surface area (Å²) in [5.41, 5.74) is 2.44. The average molecular weight is 352 g/mol. The molecule has 0 bridgehead atoms. The predicted molar refractivity (Wildman–Crippen MR) is 93.6 cm³/mol. The first-order valence-electron chi connectivity index (χ1n) is 8.24. The first-order valence-corrected chi connectivity index (χ1v) is 9.78. The van der Waals surface area contributed by atoms with Crippen LogP contribution in [0.15, 0.2) is 18.2 Å². The van der Waals surface area contributed by atoms with Gasteiger partial charge in [-0.15, -0.1) is 0 Å². The molecule has 0 saturated heterocycles. The highest BCUT2D eigenvalue weighted by Crippen LogP contribution is 2.25. The van der Waals surface area contributed by atoms with Crippen LogP contribution in [0.3, 0.4) is 0 Å². The van der Waals surface area contributed by atoms with Crippen molar-refractivity contribution in [3.05, 3.63) is 29.3 Å². The lowest BCUT2D eigenvalue weighted by molar-refractivity contribution is -0.116. The number of Topliss-reactive ketones (excluding diaryl/α,β-unsaturated/α-hetero) is 1. The fraction of sp³-hybridized carbons (Fsp3) is 0.529. The number of rotatable bonds is 8. The minimum absolute atomic E-state index is 0.106. The molecule has 0 aliphatic heterocycles. The van der Waals surface area contributed by atoms with E-state index in [-0.39, 0.29) is 11.7 Å². The van der Waals surface area contributed by atoms with Gasteiger partial charge in [-0.2, -0.15) is 0 Å². The Labute approximate surface area is 143 Å². The van der Waals surface area contributed by atoms with Crippen molar-refractivity contribution in [2.75, 3.05) is 11.9 Å². The molecule has 0 atom stereocenters. The van der Waals surface area contributed by atoms with Crippen molar-refractivity contribution in [1.29, 1.82) is 0 Å². The van der Waals surface area contributed by atoms with Gasteiger partial charge in [-0.25, -0.2) is 13.1 Å². The van der Waals surface area contributed by atoms with Gasteiger partial charge in [0.15, 0.2) is 5.78 Å². The lowest BCUT2D eigenvalue weighted by Gasteiger charge is -2.09. The van der Waals surface area contributed by atoms with Crippen molar-refractivity contribution in [3.8, 4) is 0 Å². The average Bonchev–Trinajstić information content (AvgIpc) is 2.87. The topological polar surface area (TPSA) is 92.3 Å². The zero-order valence-corrected chi connectivity index (χ0v) is 14.9. The van der Waals surface area contributed by atoms with E-state index in [1.807, 2.05) is 6.07 Å². The molecule has 1 aliphatic rings. The van der Waals surface area contributed by atoms with Crippen LogP contribution in [0.2, 0.25) is 0 Å². The van der Waals surface area contributed by atoms with E-state index >= 15 is 0 Å². The van der Waals surface area contributed by atoms with E-state index in [1.54, 1.807) is 26.0 Å². The quantitative estimate of drug-likeness (QED) is 0.702. The summed E-state index contributed by atoms with van der Waals surface area (Å²) < 4.78 is 25.7. The van der Waals surface area contributed by atoms with Crippen molar-refractivity contribution in [3.63, 3.8) is 0 Å². The number of aryl methyl sites for hydroxylation is 1. The number of hydrogen-bond donors (Lipinski definition) is 2. The number of fused-ring (bicyclic) bond motifs is 1. The minimum Gasteiger partial charge on any atom is -0.326 e. The number of anilines is 1. The van der Waals surface area contributed by atoms with Crippen LogP contribution in [-0.4, -0.2) is 31.9 Å². The SMILES string of the molecule is CC(C)S(=O)(=O)NCCCCC(=O)Nc1ccc2c(c1)CCC2=O. The van der Waals surface area contributed by atoms with Crippen molar-refractivity contribution >= 4 is 27.4 Å². The maximum atomic E-state index is 11.9. The summed E-state index contributed by atoms with van der Waals surface area (Å²) in [6.07, 6.45) is 2.82. The summed E-state index contributed by atoms with van der Waals surface area (Å²) in [7, 11) is -3.24. The van der Waals surface area contributed by atoms with E-state index in [1.165, 1.54) is 0 Å². The van der Waals surface area contributed by atoms with Gasteiger partial charge in [0.25, 0.3) is 0 Å². The minimum atomic E-state index is -3.24. The molecule has 1 aromatic rings. The molecule has 132 valence electrons. The van der Waals surface area contributed by atoms with Crippen LogP contribution in [0, 0.1) is 0 Å². The van der Waals surface area contributed by atoms with Gasteiger partial charge in [0.2, 0.25) is 15.9 Å². The number of carbonyl (C=O) groups is 2. The molecule has 0 fully saturated rings. The molecule has 2 N–H and O–H groups in total. The lowest BCUT2D eigenvalue weighted by atomic mass is 10.1. The van der Waals surface area contributed by atoms with Crippen LogP contribution in [0.1, 0.15) is 55.5 Å². The smallest absolute Gasteiger partial charge is 0.224 e. The highest BCUT2D eigenvalue weighted by molar-refractivity contribution is 7.90. The van der Waals surface area contributed by atoms with E-state index < -0.39 is 15.3 Å². The summed E-state index contributed by atoms with van der Waals surface area (Å²) in [5, 5.41) is 2.37. The normalized spacial score (nSPS) is 14.0. The van der Waals surface area contributed by atoms with Crippen LogP contribution < -0.4 is 10.0 Å². The number of benzene rings is 1. The van der Waals surface area contributed by atoms with Crippen molar-refractivity contribution in [1.82, 2.24) is 4.72 Å². The van der Waals surface area contributed by atoms with Crippen LogP contribution in [0.5, 0.6) is 0 Å². The molecule has 0 saturated carbocycles. The molecular weight excluding hydrogens is 328 g/mol. The predicted octanol–water partition coefficient (Wildman–Crippen LogP) is 2.25. The summed E-state index contributed by atoms with van der Waals surface area (Å²) in [4.78, 5) is 23.5. The van der Waals surface area contributed by atoms with Crippen LogP contribution in [-0.2, 0) is 21.2 Å². The highest BCUT2D eigenvalue weighted by Gasteiger charge is 2.19. The third-order valence-corrected chi connectivity index (χ3v) is 5.91. The van der Waals surface area contributed by atoms with Gasteiger partial charge in [-0.1, -0.05) is 0 Å². The number of amides is 1. The number of hydrogen-bond acceptors (Lipinski definition) is 4. The Morgan fingerprint density at radius 1 is 1.21 bits per heavy atom. The fourth-order valence-electron chi connectivity index (χ4n) is 2.55. The Morgan fingerprint density at radius 3 is 2.67 bits per heavy atom. The highest BCUT2D eigenvalue weighted by atomic mass is 32.2. The van der Waals surface area contributed by atoms with E-state index in [0.717, 1.165) is 17.5 Å². The number of ketones is 1. The lowest BCUT2D eigenvalue weighted by Crippen LogP contribution is -2.31. The number of nitrogens with one attached hydrogen (secondary N) is 2. The third kappa shape index (κ3) is 4.88. The van der Waals surface area contributed by atoms with Crippen LogP contribution in [0.4, 0.5) is 5.69 Å². The Bertz CT molecular complexity index is 726. The molecule has 7 heteroatoms. The Hall–Kier alpha value is -1.73. The molecule has 1 aromatic carbocycles. The molecule has 2 rings (SSSR count). The molecular formula is C17H24N2O4S. The van der Waals surface area contributed by atoms with Crippen LogP contribution in [0.25, 0.3) is 0 Å². The van der Waals surface area contributed by atoms with Gasteiger partial charge in [-0.3, -0.25) is 9.59 Å². The molecule has 0 aromatic heterocycles. The first-order chi connectivity index (χ1) is 11.3. The van der Waals surface area contributed by atoms with Crippen LogP contribution >= 0.6 is 0 Å². The van der Waals surface area contributed by atoms with Crippen molar-refractivity contribution in [2.45, 2.75) is 51.2 Å². The first kappa shape index (κ1) is 18.6. The van der Waals surface area contributed by atoms with Crippen molar-refractivity contribution in [2.24, 2.45) is 0 Å². The standard InChI is InChI=1S/C17H24N2O4S/c1-12(2)24(22,23)18-10-4-3-5-17(21)19-14-7-8-15-13(11-14)6-9-16(15)20/h7-8,11-12,18H,3-6,9-10H2,1-2H3,(H,19,21). The second-order valence-electron chi connectivity index (χ2n) is 6.29. The third-order valence-electron chi connectivity index (χ3n) is 4.07. The largest absolute Gasteiger partial charge is 0.326 e. The Morgan fingerprint density at radius 2 is 1.96 bits per heavy atom. The zero-order valence-electron chi connectivity index (χ0n) is 14.1. The summed E-state index contributed by atoms with van der Waals surface area (Å²) in [5.74, 6) is 0.0534. The molecule has 0 spiro atoms. The molecule has 0 unspecified atom stereocenters. The van der Waals surface area contributed by atoms with E-state index in [2.05, 4.69) is 10.0 Å². The van der Waals surface area contributed by atoms with Gasteiger partial charge in [-0.05, 0) is 56.9 Å². The Kier molecular flexibility index (Phi) is 6.12. The second-order valence-corrected chi connectivity index (χ2v) is 8.61. The number of carbonyl (C=O) groups excluding carboxylic acids is 2. The van der Waals surface area contributed by atoms with Gasteiger partial charge >= 0.3 is 0 Å². The Balaban J connectivity index is 1.72. The molecule has 6 nitrogen and oxygen atoms in total. The maximum absolute atomic E-state index is 11.9. The van der Waals surface area contributed by atoms with E-state index in [0.29, 0.717) is 37.9 Å². The number of unbranched alkanes of at least 4 members (excludes halogenated alkanes) is 1. The maximum Gasteiger partial charge on any atom is 0.224 e. The van der Waals surface area contributed by atoms with Crippen molar-refractivity contribution < 1.29 is 18.0 Å². The number of sulfonamides is 1. The monoisotopic (exact) mass is 352 g/mol. The second kappa shape index (κ2) is 7.90. The summed E-state index contributed by atoms with van der Waals surface area (Å²) in [6.45, 7) is 3.59. The van der Waals surface area contributed by atoms with Gasteiger partial charge in [0, 0.05) is 30.6 Å². The summed E-state index contributed by atoms with van der Waals surface area (Å²) in [6, 6.07) is 5.37. The molecule has 0 heterocycles. The van der Waals surface area contributed by atoms with E-state index in [9.17, 15) is 18.0 Å². The van der Waals surface area contributed by atoms with Gasteiger partial charge in [0.1, 0.15) is 0 Å². The molecule has 1 aliphatic carbocycles.